The molecule has 0 saturated carbocycles. The largest absolute Gasteiger partial charge is 0.493 e. The van der Waals surface area contributed by atoms with Gasteiger partial charge in [-0.3, -0.25) is 4.79 Å². The number of methoxy groups -OCH3 is 1. The van der Waals surface area contributed by atoms with E-state index in [1.165, 1.54) is 13.3 Å². The van der Waals surface area contributed by atoms with Crippen LogP contribution in [0.25, 0.3) is 11.3 Å². The summed E-state index contributed by atoms with van der Waals surface area (Å²) >= 11 is 5.88. The summed E-state index contributed by atoms with van der Waals surface area (Å²) < 4.78 is 16.2. The zero-order valence-electron chi connectivity index (χ0n) is 14.5. The van der Waals surface area contributed by atoms with Crippen molar-refractivity contribution in [1.82, 2.24) is 5.43 Å². The molecule has 0 spiro atoms. The number of nitrogens with one attached hydrogen (secondary N) is 1. The van der Waals surface area contributed by atoms with Crippen molar-refractivity contribution < 1.29 is 18.7 Å². The molecule has 3 aromatic rings. The van der Waals surface area contributed by atoms with Gasteiger partial charge in [0.05, 0.1) is 13.3 Å². The van der Waals surface area contributed by atoms with Crippen molar-refractivity contribution in [3.8, 4) is 22.8 Å². The number of hydrazone groups is 1. The number of furan rings is 1. The number of nitrogens with zero attached hydrogens (tertiary/aromatic N) is 1. The van der Waals surface area contributed by atoms with Crippen molar-refractivity contribution in [2.45, 2.75) is 0 Å². The molecule has 0 radical (unpaired) electrons. The minimum atomic E-state index is -0.401. The molecule has 2 aromatic carbocycles. The lowest BCUT2D eigenvalue weighted by atomic mass is 10.2. The van der Waals surface area contributed by atoms with Crippen LogP contribution in [0, 0.1) is 0 Å². The van der Waals surface area contributed by atoms with Gasteiger partial charge in [-0.1, -0.05) is 23.7 Å². The third-order valence-electron chi connectivity index (χ3n) is 3.56. The van der Waals surface area contributed by atoms with Crippen molar-refractivity contribution in [2.75, 3.05) is 13.7 Å². The van der Waals surface area contributed by atoms with Gasteiger partial charge in [0, 0.05) is 10.6 Å². The highest BCUT2D eigenvalue weighted by Crippen LogP contribution is 2.25. The Hall–Kier alpha value is -3.25. The van der Waals surface area contributed by atoms with Crippen LogP contribution < -0.4 is 14.9 Å². The molecule has 27 heavy (non-hydrogen) atoms. The molecule has 1 aromatic heterocycles. The first kappa shape index (κ1) is 18.5. The Labute approximate surface area is 161 Å². The Balaban J connectivity index is 1.51. The van der Waals surface area contributed by atoms with Crippen LogP contribution in [-0.4, -0.2) is 25.8 Å². The van der Waals surface area contributed by atoms with Crippen molar-refractivity contribution in [2.24, 2.45) is 5.10 Å². The predicted octanol–water partition coefficient (Wildman–Crippen LogP) is 4.14. The first-order valence-corrected chi connectivity index (χ1v) is 8.47. The number of carbonyl (C=O) groups excluding carboxylic acids is 1. The second-order valence-corrected chi connectivity index (χ2v) is 5.88. The lowest BCUT2D eigenvalue weighted by molar-refractivity contribution is -0.123. The van der Waals surface area contributed by atoms with Gasteiger partial charge in [-0.05, 0) is 48.5 Å². The molecule has 0 fully saturated rings. The van der Waals surface area contributed by atoms with Crippen LogP contribution in [0.4, 0.5) is 0 Å². The number of benzene rings is 2. The van der Waals surface area contributed by atoms with Crippen molar-refractivity contribution >= 4 is 23.7 Å². The molecule has 0 aliphatic rings. The summed E-state index contributed by atoms with van der Waals surface area (Å²) in [4.78, 5) is 11.8. The van der Waals surface area contributed by atoms with Crippen molar-refractivity contribution in [3.63, 3.8) is 0 Å². The topological polar surface area (TPSA) is 73.1 Å². The summed E-state index contributed by atoms with van der Waals surface area (Å²) in [5, 5.41) is 4.52. The number of ether oxygens (including phenoxy) is 2. The summed E-state index contributed by atoms with van der Waals surface area (Å²) in [6.07, 6.45) is 1.42. The third kappa shape index (κ3) is 5.12. The number of rotatable bonds is 7. The second-order valence-electron chi connectivity index (χ2n) is 5.44. The fourth-order valence-corrected chi connectivity index (χ4v) is 2.40. The van der Waals surface area contributed by atoms with Gasteiger partial charge in [-0.25, -0.2) is 5.43 Å². The quantitative estimate of drug-likeness (QED) is 0.491. The zero-order valence-corrected chi connectivity index (χ0v) is 15.3. The summed E-state index contributed by atoms with van der Waals surface area (Å²) in [5.74, 6) is 1.82. The first-order valence-electron chi connectivity index (χ1n) is 8.09. The van der Waals surface area contributed by atoms with Gasteiger partial charge < -0.3 is 13.9 Å². The average molecular weight is 385 g/mol. The molecule has 0 unspecified atom stereocenters. The fourth-order valence-electron chi connectivity index (χ4n) is 2.27. The molecular formula is C20H17ClN2O4. The lowest BCUT2D eigenvalue weighted by Crippen LogP contribution is -2.24. The Morgan fingerprint density at radius 1 is 1.11 bits per heavy atom. The second kappa shape index (κ2) is 8.91. The molecule has 0 aliphatic heterocycles. The maximum Gasteiger partial charge on any atom is 0.277 e. The molecule has 138 valence electrons. The van der Waals surface area contributed by atoms with Gasteiger partial charge in [0.25, 0.3) is 5.91 Å². The van der Waals surface area contributed by atoms with E-state index in [1.54, 1.807) is 36.4 Å². The molecule has 1 heterocycles. The number of hydrogen-bond donors (Lipinski definition) is 1. The third-order valence-corrected chi connectivity index (χ3v) is 3.82. The normalized spacial score (nSPS) is 10.7. The SMILES string of the molecule is COc1ccccc1OCC(=O)N/N=C\c1ccc(-c2ccc(Cl)cc2)o1. The van der Waals surface area contributed by atoms with Crippen LogP contribution in [0.5, 0.6) is 11.5 Å². The minimum absolute atomic E-state index is 0.189. The number of para-hydroxylation sites is 2. The number of carbonyl (C=O) groups is 1. The highest BCUT2D eigenvalue weighted by atomic mass is 35.5. The molecule has 0 atom stereocenters. The molecule has 6 nitrogen and oxygen atoms in total. The average Bonchev–Trinajstić information content (AvgIpc) is 3.16. The highest BCUT2D eigenvalue weighted by Gasteiger charge is 2.06. The zero-order chi connectivity index (χ0) is 19.1. The van der Waals surface area contributed by atoms with Crippen LogP contribution in [0.1, 0.15) is 5.76 Å². The number of amides is 1. The molecule has 7 heteroatoms. The van der Waals surface area contributed by atoms with Gasteiger partial charge in [-0.2, -0.15) is 5.10 Å². The molecule has 1 N–H and O–H groups in total. The van der Waals surface area contributed by atoms with E-state index in [9.17, 15) is 4.79 Å². The number of halogens is 1. The Bertz CT molecular complexity index is 935. The van der Waals surface area contributed by atoms with E-state index in [0.717, 1.165) is 5.56 Å². The van der Waals surface area contributed by atoms with E-state index in [4.69, 9.17) is 25.5 Å². The van der Waals surface area contributed by atoms with E-state index < -0.39 is 5.91 Å². The Morgan fingerprint density at radius 2 is 1.85 bits per heavy atom. The van der Waals surface area contributed by atoms with Gasteiger partial charge in [-0.15, -0.1) is 0 Å². The molecule has 0 bridgehead atoms. The van der Waals surface area contributed by atoms with Gasteiger partial charge >= 0.3 is 0 Å². The van der Waals surface area contributed by atoms with E-state index in [-0.39, 0.29) is 6.61 Å². The molecule has 0 saturated heterocycles. The van der Waals surface area contributed by atoms with Crippen molar-refractivity contribution in [3.05, 3.63) is 71.4 Å². The van der Waals surface area contributed by atoms with E-state index in [1.807, 2.05) is 24.3 Å². The van der Waals surface area contributed by atoms with Crippen LogP contribution in [0.15, 0.2) is 70.2 Å². The van der Waals surface area contributed by atoms with Gasteiger partial charge in [0.1, 0.15) is 11.5 Å². The maximum absolute atomic E-state index is 11.8. The fraction of sp³-hybridized carbons (Fsp3) is 0.100. The van der Waals surface area contributed by atoms with Crippen molar-refractivity contribution in [1.29, 1.82) is 0 Å². The standard InChI is InChI=1S/C20H17ClN2O4/c1-25-18-4-2-3-5-19(18)26-13-20(24)23-22-12-16-10-11-17(27-16)14-6-8-15(21)9-7-14/h2-12H,13H2,1H3,(H,23,24)/b22-12-. The molecule has 1 amide bonds. The van der Waals surface area contributed by atoms with Crippen LogP contribution in [0.2, 0.25) is 5.02 Å². The minimum Gasteiger partial charge on any atom is -0.493 e. The van der Waals surface area contributed by atoms with Crippen LogP contribution in [0.3, 0.4) is 0 Å². The summed E-state index contributed by atoms with van der Waals surface area (Å²) in [6.45, 7) is -0.189. The lowest BCUT2D eigenvalue weighted by Gasteiger charge is -2.08. The van der Waals surface area contributed by atoms with Gasteiger partial charge in [0.2, 0.25) is 0 Å². The summed E-state index contributed by atoms with van der Waals surface area (Å²) in [5.41, 5.74) is 3.28. The van der Waals surface area contributed by atoms with E-state index >= 15 is 0 Å². The molecular weight excluding hydrogens is 368 g/mol. The summed E-state index contributed by atoms with van der Waals surface area (Å²) in [6, 6.07) is 17.9. The van der Waals surface area contributed by atoms with Crippen LogP contribution in [-0.2, 0) is 4.79 Å². The summed E-state index contributed by atoms with van der Waals surface area (Å²) in [7, 11) is 1.54. The number of hydrogen-bond acceptors (Lipinski definition) is 5. The molecule has 0 aliphatic carbocycles. The van der Waals surface area contributed by atoms with Crippen LogP contribution >= 0.6 is 11.6 Å². The van der Waals surface area contributed by atoms with Gasteiger partial charge in [0.15, 0.2) is 18.1 Å². The Morgan fingerprint density at radius 3 is 2.59 bits per heavy atom. The van der Waals surface area contributed by atoms with E-state index in [2.05, 4.69) is 10.5 Å². The highest BCUT2D eigenvalue weighted by molar-refractivity contribution is 6.30. The predicted molar refractivity (Wildman–Crippen MR) is 103 cm³/mol. The molecule has 3 rings (SSSR count). The maximum atomic E-state index is 11.8. The van der Waals surface area contributed by atoms with E-state index in [0.29, 0.717) is 28.0 Å². The smallest absolute Gasteiger partial charge is 0.277 e. The first-order chi connectivity index (χ1) is 13.2. The monoisotopic (exact) mass is 384 g/mol. The Kier molecular flexibility index (Phi) is 6.12.